The summed E-state index contributed by atoms with van der Waals surface area (Å²) in [6.45, 7) is 3.77. The summed E-state index contributed by atoms with van der Waals surface area (Å²) in [7, 11) is 0. The molecule has 23 heavy (non-hydrogen) atoms. The maximum atomic E-state index is 11.6. The van der Waals surface area contributed by atoms with E-state index in [4.69, 9.17) is 0 Å². The van der Waals surface area contributed by atoms with Crippen LogP contribution < -0.4 is 0 Å². The van der Waals surface area contributed by atoms with E-state index in [1.807, 2.05) is 12.1 Å². The number of aromatic hydroxyl groups is 1. The molecule has 3 nitrogen and oxygen atoms in total. The summed E-state index contributed by atoms with van der Waals surface area (Å²) in [6, 6.07) is 6.88. The fourth-order valence-corrected chi connectivity index (χ4v) is 3.07. The van der Waals surface area contributed by atoms with Crippen molar-refractivity contribution in [2.45, 2.75) is 71.1 Å². The van der Waals surface area contributed by atoms with Crippen LogP contribution in [0.1, 0.15) is 76.7 Å². The van der Waals surface area contributed by atoms with Crippen LogP contribution in [0.2, 0.25) is 0 Å². The Morgan fingerprint density at radius 1 is 1.09 bits per heavy atom. The molecule has 2 atom stereocenters. The van der Waals surface area contributed by atoms with Crippen molar-refractivity contribution >= 4 is 12.1 Å². The first-order valence-corrected chi connectivity index (χ1v) is 8.82. The second kappa shape index (κ2) is 11.0. The van der Waals surface area contributed by atoms with E-state index in [1.165, 1.54) is 25.7 Å². The maximum absolute atomic E-state index is 11.6. The number of carbonyl (C=O) groups is 2. The first-order valence-electron chi connectivity index (χ1n) is 8.82. The van der Waals surface area contributed by atoms with Gasteiger partial charge in [-0.3, -0.25) is 0 Å². The highest BCUT2D eigenvalue weighted by Gasteiger charge is 2.24. The molecule has 1 rings (SSSR count). The minimum atomic E-state index is -0.130. The van der Waals surface area contributed by atoms with Gasteiger partial charge in [-0.05, 0) is 31.0 Å². The maximum Gasteiger partial charge on any atom is 0.130 e. The molecule has 3 heteroatoms. The predicted molar refractivity (Wildman–Crippen MR) is 93.7 cm³/mol. The third-order valence-electron chi connectivity index (χ3n) is 4.41. The Morgan fingerprint density at radius 2 is 1.70 bits per heavy atom. The first kappa shape index (κ1) is 19.4. The lowest BCUT2D eigenvalue weighted by Crippen LogP contribution is -2.17. The Morgan fingerprint density at radius 3 is 2.26 bits per heavy atom. The highest BCUT2D eigenvalue weighted by molar-refractivity contribution is 5.77. The van der Waals surface area contributed by atoms with Gasteiger partial charge in [0.25, 0.3) is 0 Å². The molecule has 0 aliphatic carbocycles. The number of rotatable bonds is 12. The van der Waals surface area contributed by atoms with Crippen molar-refractivity contribution in [2.75, 3.05) is 0 Å². The standard InChI is InChI=1S/C20H30O3/c1-3-4-5-6-7-8-9-18(15-21)20(14-16(2)22)17-10-12-19(23)13-11-17/h10-13,15,18,20,23H,3-9,14H2,1-2H3. The Bertz CT molecular complexity index is 464. The highest BCUT2D eigenvalue weighted by Crippen LogP contribution is 2.32. The monoisotopic (exact) mass is 318 g/mol. The van der Waals surface area contributed by atoms with Crippen molar-refractivity contribution in [3.63, 3.8) is 0 Å². The fraction of sp³-hybridized carbons (Fsp3) is 0.600. The van der Waals surface area contributed by atoms with Crippen LogP contribution in [-0.4, -0.2) is 17.2 Å². The number of hydrogen-bond donors (Lipinski definition) is 1. The van der Waals surface area contributed by atoms with Gasteiger partial charge in [0.2, 0.25) is 0 Å². The molecule has 1 aromatic rings. The van der Waals surface area contributed by atoms with Crippen LogP contribution in [0, 0.1) is 5.92 Å². The van der Waals surface area contributed by atoms with Crippen molar-refractivity contribution in [1.29, 1.82) is 0 Å². The number of unbranched alkanes of at least 4 members (excludes halogenated alkanes) is 5. The molecule has 0 spiro atoms. The number of phenolic OH excluding ortho intramolecular Hbond substituents is 1. The topological polar surface area (TPSA) is 54.4 Å². The van der Waals surface area contributed by atoms with Gasteiger partial charge in [-0.1, -0.05) is 57.6 Å². The van der Waals surface area contributed by atoms with E-state index in [-0.39, 0.29) is 23.4 Å². The zero-order chi connectivity index (χ0) is 17.1. The lowest BCUT2D eigenvalue weighted by Gasteiger charge is -2.22. The summed E-state index contributed by atoms with van der Waals surface area (Å²) < 4.78 is 0. The van der Waals surface area contributed by atoms with Crippen molar-refractivity contribution in [3.8, 4) is 5.75 Å². The molecule has 0 bridgehead atoms. The van der Waals surface area contributed by atoms with Crippen molar-refractivity contribution in [3.05, 3.63) is 29.8 Å². The van der Waals surface area contributed by atoms with E-state index >= 15 is 0 Å². The molecule has 1 N–H and O–H groups in total. The van der Waals surface area contributed by atoms with Crippen LogP contribution in [0.3, 0.4) is 0 Å². The normalized spacial score (nSPS) is 13.5. The van der Waals surface area contributed by atoms with Gasteiger partial charge in [0, 0.05) is 18.3 Å². The van der Waals surface area contributed by atoms with Crippen LogP contribution in [0.15, 0.2) is 24.3 Å². The van der Waals surface area contributed by atoms with Crippen molar-refractivity contribution < 1.29 is 14.7 Å². The summed E-state index contributed by atoms with van der Waals surface area (Å²) in [5, 5.41) is 9.42. The molecule has 0 saturated carbocycles. The van der Waals surface area contributed by atoms with E-state index in [0.717, 1.165) is 31.1 Å². The van der Waals surface area contributed by atoms with Gasteiger partial charge in [-0.15, -0.1) is 0 Å². The average Bonchev–Trinajstić information content (AvgIpc) is 2.53. The zero-order valence-electron chi connectivity index (χ0n) is 14.5. The Balaban J connectivity index is 2.64. The van der Waals surface area contributed by atoms with Gasteiger partial charge in [-0.25, -0.2) is 0 Å². The smallest absolute Gasteiger partial charge is 0.130 e. The number of aldehydes is 1. The zero-order valence-corrected chi connectivity index (χ0v) is 14.5. The van der Waals surface area contributed by atoms with E-state index in [2.05, 4.69) is 6.92 Å². The third kappa shape index (κ3) is 7.45. The Hall–Kier alpha value is -1.64. The molecule has 0 heterocycles. The lowest BCUT2D eigenvalue weighted by molar-refractivity contribution is -0.118. The molecule has 0 aromatic heterocycles. The van der Waals surface area contributed by atoms with Crippen LogP contribution in [0.25, 0.3) is 0 Å². The number of ketones is 1. The molecular weight excluding hydrogens is 288 g/mol. The van der Waals surface area contributed by atoms with Gasteiger partial charge >= 0.3 is 0 Å². The van der Waals surface area contributed by atoms with Gasteiger partial charge in [0.05, 0.1) is 0 Å². The minimum Gasteiger partial charge on any atom is -0.508 e. The van der Waals surface area contributed by atoms with E-state index in [9.17, 15) is 14.7 Å². The highest BCUT2D eigenvalue weighted by atomic mass is 16.3. The molecule has 1 aromatic carbocycles. The summed E-state index contributed by atoms with van der Waals surface area (Å²) in [4.78, 5) is 23.2. The lowest BCUT2D eigenvalue weighted by atomic mass is 9.80. The van der Waals surface area contributed by atoms with Gasteiger partial charge in [0.15, 0.2) is 0 Å². The molecule has 2 unspecified atom stereocenters. The quantitative estimate of drug-likeness (QED) is 0.435. The van der Waals surface area contributed by atoms with E-state index in [0.29, 0.717) is 6.42 Å². The Labute approximate surface area is 140 Å². The third-order valence-corrected chi connectivity index (χ3v) is 4.41. The first-order chi connectivity index (χ1) is 11.1. The SMILES string of the molecule is CCCCCCCCC(C=O)C(CC(C)=O)c1ccc(O)cc1. The number of benzene rings is 1. The largest absolute Gasteiger partial charge is 0.508 e. The molecular formula is C20H30O3. The minimum absolute atomic E-state index is 0.0822. The number of Topliss-reactive ketones (excluding diaryl/α,β-unsaturated/α-hetero) is 1. The van der Waals surface area contributed by atoms with E-state index in [1.54, 1.807) is 19.1 Å². The number of carbonyl (C=O) groups excluding carboxylic acids is 2. The Kier molecular flexibility index (Phi) is 9.27. The van der Waals surface area contributed by atoms with Gasteiger partial charge < -0.3 is 14.7 Å². The van der Waals surface area contributed by atoms with E-state index < -0.39 is 0 Å². The molecule has 128 valence electrons. The molecule has 0 fully saturated rings. The van der Waals surface area contributed by atoms with Gasteiger partial charge in [0.1, 0.15) is 17.8 Å². The molecule has 0 aliphatic heterocycles. The van der Waals surface area contributed by atoms with Crippen LogP contribution >= 0.6 is 0 Å². The van der Waals surface area contributed by atoms with Crippen LogP contribution in [0.5, 0.6) is 5.75 Å². The van der Waals surface area contributed by atoms with Crippen LogP contribution in [-0.2, 0) is 9.59 Å². The van der Waals surface area contributed by atoms with Crippen LogP contribution in [0.4, 0.5) is 0 Å². The summed E-state index contributed by atoms with van der Waals surface area (Å²) >= 11 is 0. The summed E-state index contributed by atoms with van der Waals surface area (Å²) in [6.07, 6.45) is 9.38. The molecule has 0 saturated heterocycles. The second-order valence-corrected chi connectivity index (χ2v) is 6.46. The fourth-order valence-electron chi connectivity index (χ4n) is 3.07. The summed E-state index contributed by atoms with van der Waals surface area (Å²) in [5.74, 6) is 0.0858. The predicted octanol–water partition coefficient (Wildman–Crippen LogP) is 5.02. The number of hydrogen-bond acceptors (Lipinski definition) is 3. The number of phenols is 1. The van der Waals surface area contributed by atoms with Crippen molar-refractivity contribution in [1.82, 2.24) is 0 Å². The van der Waals surface area contributed by atoms with Gasteiger partial charge in [-0.2, -0.15) is 0 Å². The second-order valence-electron chi connectivity index (χ2n) is 6.46. The molecule has 0 aliphatic rings. The average molecular weight is 318 g/mol. The molecule has 0 radical (unpaired) electrons. The summed E-state index contributed by atoms with van der Waals surface area (Å²) in [5.41, 5.74) is 0.959. The molecule has 0 amide bonds. The van der Waals surface area contributed by atoms with Crippen molar-refractivity contribution in [2.24, 2.45) is 5.92 Å².